The molecule has 1 atom stereocenters. The normalized spacial score (nSPS) is 12.7. The number of alkyl halides is 3. The maximum Gasteiger partial charge on any atom is 0.407 e. The summed E-state index contributed by atoms with van der Waals surface area (Å²) >= 11 is 0. The summed E-state index contributed by atoms with van der Waals surface area (Å²) in [6.45, 7) is 6.64. The Kier molecular flexibility index (Phi) is 11.0. The Balaban J connectivity index is 2.04. The molecule has 1 unspecified atom stereocenters. The zero-order valence-corrected chi connectivity index (χ0v) is 22.5. The first kappa shape index (κ1) is 31.7. The standard InChI is InChI=1S/C27H33F4N3O5/c1-26(2,3)39-25(37)32-15-13-21(35)20-11-10-19(16-33-20)17-6-8-18(9-7-17)22(12-14-28)38-27(4,5)34(31)24(36)23(29)30/h6-11,16,22-23H,12-15H2,1-5H3,(H,32,37). The van der Waals surface area contributed by atoms with Gasteiger partial charge in [0, 0.05) is 31.1 Å². The van der Waals surface area contributed by atoms with E-state index in [1.54, 1.807) is 57.2 Å². The van der Waals surface area contributed by atoms with Crippen molar-refractivity contribution >= 4 is 17.8 Å². The second-order valence-corrected chi connectivity index (χ2v) is 10.1. The fraction of sp³-hybridized carbons (Fsp3) is 0.481. The zero-order chi connectivity index (χ0) is 29.4. The molecule has 214 valence electrons. The average molecular weight is 556 g/mol. The molecule has 2 amide bonds. The van der Waals surface area contributed by atoms with Gasteiger partial charge in [-0.05, 0) is 51.8 Å². The van der Waals surface area contributed by atoms with Crippen LogP contribution in [0.5, 0.6) is 0 Å². The molecule has 1 N–H and O–H groups in total. The first-order chi connectivity index (χ1) is 18.1. The molecule has 12 heteroatoms. The highest BCUT2D eigenvalue weighted by atomic mass is 19.3. The third-order valence-corrected chi connectivity index (χ3v) is 5.34. The van der Waals surface area contributed by atoms with E-state index in [9.17, 15) is 32.0 Å². The largest absolute Gasteiger partial charge is 0.444 e. The van der Waals surface area contributed by atoms with Crippen molar-refractivity contribution in [2.24, 2.45) is 0 Å². The lowest BCUT2D eigenvalue weighted by Crippen LogP contribution is -2.47. The number of ether oxygens (including phenoxy) is 2. The quantitative estimate of drug-likeness (QED) is 0.150. The number of ketones is 1. The van der Waals surface area contributed by atoms with Crippen LogP contribution in [0.15, 0.2) is 42.6 Å². The number of pyridine rings is 1. The van der Waals surface area contributed by atoms with Crippen LogP contribution in [0.4, 0.5) is 22.4 Å². The molecule has 8 nitrogen and oxygen atoms in total. The molecule has 2 aromatic rings. The van der Waals surface area contributed by atoms with Crippen LogP contribution in [0.3, 0.4) is 0 Å². The van der Waals surface area contributed by atoms with Crippen molar-refractivity contribution in [1.82, 2.24) is 15.4 Å². The van der Waals surface area contributed by atoms with Gasteiger partial charge in [-0.15, -0.1) is 5.12 Å². The maximum absolute atomic E-state index is 14.2. The summed E-state index contributed by atoms with van der Waals surface area (Å²) in [5.74, 6) is -2.32. The van der Waals surface area contributed by atoms with Gasteiger partial charge < -0.3 is 14.8 Å². The van der Waals surface area contributed by atoms with Gasteiger partial charge in [-0.25, -0.2) is 4.79 Å². The van der Waals surface area contributed by atoms with Gasteiger partial charge in [0.2, 0.25) is 0 Å². The van der Waals surface area contributed by atoms with E-state index in [4.69, 9.17) is 9.47 Å². The summed E-state index contributed by atoms with van der Waals surface area (Å²) in [6, 6.07) is 9.79. The molecule has 1 aromatic heterocycles. The third-order valence-electron chi connectivity index (χ3n) is 5.34. The average Bonchev–Trinajstić information content (AvgIpc) is 2.86. The minimum atomic E-state index is -3.55. The van der Waals surface area contributed by atoms with Crippen LogP contribution in [0.2, 0.25) is 0 Å². The van der Waals surface area contributed by atoms with Gasteiger partial charge >= 0.3 is 18.4 Å². The highest BCUT2D eigenvalue weighted by Crippen LogP contribution is 2.32. The molecule has 39 heavy (non-hydrogen) atoms. The Morgan fingerprint density at radius 3 is 2.13 bits per heavy atom. The Morgan fingerprint density at radius 2 is 1.62 bits per heavy atom. The third kappa shape index (κ3) is 9.61. The second-order valence-electron chi connectivity index (χ2n) is 10.1. The van der Waals surface area contributed by atoms with Crippen molar-refractivity contribution < 1.29 is 41.5 Å². The molecular weight excluding hydrogens is 522 g/mol. The number of carbonyl (C=O) groups excluding carboxylic acids is 3. The SMILES string of the molecule is CC(C)(C)OC(=O)NCCC(=O)c1ccc(-c2ccc(C(CCF)OC(C)(C)N(F)C(=O)C(F)F)cc2)cn1. The molecule has 0 saturated carbocycles. The van der Waals surface area contributed by atoms with Gasteiger partial charge in [0.15, 0.2) is 11.5 Å². The Hall–Kier alpha value is -3.54. The molecule has 2 rings (SSSR count). The summed E-state index contributed by atoms with van der Waals surface area (Å²) in [5.41, 5.74) is -0.677. The fourth-order valence-corrected chi connectivity index (χ4v) is 3.48. The molecule has 0 aliphatic rings. The topological polar surface area (TPSA) is 97.8 Å². The number of alkyl carbamates (subject to hydrolysis) is 1. The monoisotopic (exact) mass is 555 g/mol. The van der Waals surface area contributed by atoms with Gasteiger partial charge in [0.05, 0.1) is 12.8 Å². The van der Waals surface area contributed by atoms with E-state index < -0.39 is 47.7 Å². The van der Waals surface area contributed by atoms with Crippen LogP contribution in [0.25, 0.3) is 11.1 Å². The van der Waals surface area contributed by atoms with Crippen molar-refractivity contribution in [3.05, 3.63) is 53.9 Å². The van der Waals surface area contributed by atoms with Crippen LogP contribution in [-0.2, 0) is 14.3 Å². The van der Waals surface area contributed by atoms with Crippen LogP contribution < -0.4 is 5.32 Å². The minimum Gasteiger partial charge on any atom is -0.444 e. The fourth-order valence-electron chi connectivity index (χ4n) is 3.48. The molecule has 1 aromatic carbocycles. The Bertz CT molecular complexity index is 1120. The summed E-state index contributed by atoms with van der Waals surface area (Å²) in [5, 5.41) is 1.82. The van der Waals surface area contributed by atoms with Gasteiger partial charge in [-0.3, -0.25) is 19.0 Å². The summed E-state index contributed by atoms with van der Waals surface area (Å²) in [4.78, 5) is 39.6. The minimum absolute atomic E-state index is 0.0335. The number of benzene rings is 1. The second kappa shape index (κ2) is 13.5. The smallest absolute Gasteiger partial charge is 0.407 e. The Labute approximate surface area is 224 Å². The van der Waals surface area contributed by atoms with E-state index in [1.807, 2.05) is 0 Å². The zero-order valence-electron chi connectivity index (χ0n) is 22.5. The van der Waals surface area contributed by atoms with E-state index in [-0.39, 0.29) is 30.9 Å². The molecule has 0 bridgehead atoms. The highest BCUT2D eigenvalue weighted by molar-refractivity contribution is 5.94. The van der Waals surface area contributed by atoms with Crippen molar-refractivity contribution in [2.75, 3.05) is 13.2 Å². The summed E-state index contributed by atoms with van der Waals surface area (Å²) in [6.07, 6.45) is -3.85. The first-order valence-corrected chi connectivity index (χ1v) is 12.2. The molecule has 0 spiro atoms. The molecule has 0 aliphatic carbocycles. The van der Waals surface area contributed by atoms with E-state index in [0.29, 0.717) is 16.7 Å². The van der Waals surface area contributed by atoms with E-state index >= 15 is 0 Å². The molecule has 1 heterocycles. The number of Topliss-reactive ketones (excluding diaryl/α,β-unsaturated/α-hetero) is 1. The number of rotatable bonds is 12. The van der Waals surface area contributed by atoms with Gasteiger partial charge in [0.25, 0.3) is 0 Å². The first-order valence-electron chi connectivity index (χ1n) is 12.2. The lowest BCUT2D eigenvalue weighted by atomic mass is 10.0. The van der Waals surface area contributed by atoms with Crippen molar-refractivity contribution in [3.63, 3.8) is 0 Å². The van der Waals surface area contributed by atoms with Crippen LogP contribution in [0.1, 0.15) is 69.6 Å². The maximum atomic E-state index is 14.2. The van der Waals surface area contributed by atoms with Crippen LogP contribution >= 0.6 is 0 Å². The molecular formula is C27H33F4N3O5. The predicted octanol–water partition coefficient (Wildman–Crippen LogP) is 5.98. The van der Waals surface area contributed by atoms with Gasteiger partial charge in [-0.2, -0.15) is 8.78 Å². The van der Waals surface area contributed by atoms with Gasteiger partial charge in [0.1, 0.15) is 11.3 Å². The molecule has 0 aliphatic heterocycles. The van der Waals surface area contributed by atoms with Crippen LogP contribution in [0, 0.1) is 0 Å². The summed E-state index contributed by atoms with van der Waals surface area (Å²) in [7, 11) is 0. The lowest BCUT2D eigenvalue weighted by molar-refractivity contribution is -0.240. The highest BCUT2D eigenvalue weighted by Gasteiger charge is 2.39. The number of amides is 2. The molecule has 0 radical (unpaired) electrons. The lowest BCUT2D eigenvalue weighted by Gasteiger charge is -2.34. The van der Waals surface area contributed by atoms with Crippen LogP contribution in [-0.4, -0.2) is 58.9 Å². The number of nitrogens with zero attached hydrogens (tertiary/aromatic N) is 2. The number of halogens is 4. The van der Waals surface area contributed by atoms with E-state index in [2.05, 4.69) is 10.3 Å². The number of hydrogen-bond acceptors (Lipinski definition) is 6. The number of aromatic nitrogens is 1. The number of hydrogen-bond donors (Lipinski definition) is 1. The van der Waals surface area contributed by atoms with Crippen molar-refractivity contribution in [1.29, 1.82) is 0 Å². The number of carbonyl (C=O) groups is 3. The Morgan fingerprint density at radius 1 is 1.00 bits per heavy atom. The van der Waals surface area contributed by atoms with Crippen molar-refractivity contribution in [3.8, 4) is 11.1 Å². The van der Waals surface area contributed by atoms with E-state index in [1.165, 1.54) is 6.20 Å². The summed E-state index contributed by atoms with van der Waals surface area (Å²) < 4.78 is 63.3. The number of nitrogens with one attached hydrogen (secondary N) is 1. The van der Waals surface area contributed by atoms with Crippen molar-refractivity contribution in [2.45, 2.75) is 71.3 Å². The molecule has 0 fully saturated rings. The molecule has 0 saturated heterocycles. The van der Waals surface area contributed by atoms with E-state index in [0.717, 1.165) is 13.8 Å². The predicted molar refractivity (Wildman–Crippen MR) is 135 cm³/mol. The van der Waals surface area contributed by atoms with Gasteiger partial charge in [-0.1, -0.05) is 34.8 Å².